The molecule has 1 fully saturated rings. The SMILES string of the molecule is CCn1ncnc1[C@@H](NC(=O)c1cnc(N)nc1-c1ccccc1)C1CC1. The van der Waals surface area contributed by atoms with Crippen molar-refractivity contribution in [3.8, 4) is 11.3 Å². The van der Waals surface area contributed by atoms with Crippen molar-refractivity contribution in [3.05, 3.63) is 54.2 Å². The quantitative estimate of drug-likeness (QED) is 0.694. The monoisotopic (exact) mass is 363 g/mol. The summed E-state index contributed by atoms with van der Waals surface area (Å²) in [5.41, 5.74) is 7.49. The van der Waals surface area contributed by atoms with Gasteiger partial charge in [-0.05, 0) is 25.7 Å². The van der Waals surface area contributed by atoms with Crippen LogP contribution in [-0.2, 0) is 6.54 Å². The van der Waals surface area contributed by atoms with E-state index in [0.717, 1.165) is 24.2 Å². The number of nitrogen functional groups attached to an aromatic ring is 1. The van der Waals surface area contributed by atoms with E-state index in [0.29, 0.717) is 23.7 Å². The van der Waals surface area contributed by atoms with Crippen molar-refractivity contribution in [2.75, 3.05) is 5.73 Å². The fraction of sp³-hybridized carbons (Fsp3) is 0.316. The number of hydrogen-bond donors (Lipinski definition) is 2. The number of amides is 1. The zero-order valence-electron chi connectivity index (χ0n) is 15.0. The molecule has 1 aliphatic rings. The molecule has 0 saturated heterocycles. The third kappa shape index (κ3) is 3.51. The first-order valence-electron chi connectivity index (χ1n) is 9.04. The average molecular weight is 363 g/mol. The van der Waals surface area contributed by atoms with E-state index in [-0.39, 0.29) is 17.9 Å². The lowest BCUT2D eigenvalue weighted by molar-refractivity contribution is 0.0928. The van der Waals surface area contributed by atoms with Gasteiger partial charge in [0.05, 0.1) is 17.3 Å². The van der Waals surface area contributed by atoms with Gasteiger partial charge >= 0.3 is 0 Å². The first kappa shape index (κ1) is 17.1. The highest BCUT2D eigenvalue weighted by atomic mass is 16.1. The average Bonchev–Trinajstić information content (AvgIpc) is 3.43. The second-order valence-electron chi connectivity index (χ2n) is 6.58. The van der Waals surface area contributed by atoms with E-state index in [2.05, 4.69) is 25.4 Å². The molecule has 8 nitrogen and oxygen atoms in total. The lowest BCUT2D eigenvalue weighted by Crippen LogP contribution is -2.32. The molecule has 3 N–H and O–H groups in total. The summed E-state index contributed by atoms with van der Waals surface area (Å²) < 4.78 is 1.82. The van der Waals surface area contributed by atoms with Crippen molar-refractivity contribution in [1.82, 2.24) is 30.0 Å². The topological polar surface area (TPSA) is 112 Å². The Hall–Kier alpha value is -3.29. The number of rotatable bonds is 6. The maximum absolute atomic E-state index is 13.1. The largest absolute Gasteiger partial charge is 0.368 e. The molecule has 8 heteroatoms. The molecular formula is C19H21N7O. The molecule has 1 amide bonds. The predicted octanol–water partition coefficient (Wildman–Crippen LogP) is 2.22. The van der Waals surface area contributed by atoms with E-state index >= 15 is 0 Å². The van der Waals surface area contributed by atoms with E-state index in [1.807, 2.05) is 41.9 Å². The Morgan fingerprint density at radius 2 is 2.07 bits per heavy atom. The molecule has 1 aromatic carbocycles. The summed E-state index contributed by atoms with van der Waals surface area (Å²) in [6, 6.07) is 9.31. The molecule has 0 radical (unpaired) electrons. The van der Waals surface area contributed by atoms with Crippen molar-refractivity contribution in [2.24, 2.45) is 5.92 Å². The summed E-state index contributed by atoms with van der Waals surface area (Å²) in [5.74, 6) is 1.05. The second-order valence-corrected chi connectivity index (χ2v) is 6.58. The smallest absolute Gasteiger partial charge is 0.255 e. The molecule has 27 heavy (non-hydrogen) atoms. The normalized spacial score (nSPS) is 14.7. The summed E-state index contributed by atoms with van der Waals surface area (Å²) in [6.07, 6.45) is 5.13. The summed E-state index contributed by atoms with van der Waals surface area (Å²) >= 11 is 0. The Morgan fingerprint density at radius 3 is 2.78 bits per heavy atom. The van der Waals surface area contributed by atoms with E-state index in [1.54, 1.807) is 0 Å². The van der Waals surface area contributed by atoms with Crippen molar-refractivity contribution in [2.45, 2.75) is 32.4 Å². The highest BCUT2D eigenvalue weighted by Gasteiger charge is 2.37. The molecule has 2 heterocycles. The maximum Gasteiger partial charge on any atom is 0.255 e. The van der Waals surface area contributed by atoms with Crippen molar-refractivity contribution in [3.63, 3.8) is 0 Å². The van der Waals surface area contributed by atoms with Gasteiger partial charge < -0.3 is 11.1 Å². The molecule has 138 valence electrons. The van der Waals surface area contributed by atoms with E-state index in [9.17, 15) is 4.79 Å². The molecule has 1 atom stereocenters. The van der Waals surface area contributed by atoms with Crippen LogP contribution in [0, 0.1) is 5.92 Å². The van der Waals surface area contributed by atoms with Gasteiger partial charge in [0.25, 0.3) is 5.91 Å². The minimum atomic E-state index is -0.239. The number of nitrogens with one attached hydrogen (secondary N) is 1. The lowest BCUT2D eigenvalue weighted by atomic mass is 10.1. The van der Waals surface area contributed by atoms with Crippen LogP contribution in [0.4, 0.5) is 5.95 Å². The number of benzene rings is 1. The Balaban J connectivity index is 1.67. The van der Waals surface area contributed by atoms with Crippen LogP contribution in [0.2, 0.25) is 0 Å². The number of anilines is 1. The fourth-order valence-corrected chi connectivity index (χ4v) is 3.18. The van der Waals surface area contributed by atoms with Crippen LogP contribution in [0.3, 0.4) is 0 Å². The summed E-state index contributed by atoms with van der Waals surface area (Å²) in [7, 11) is 0. The molecule has 2 aromatic heterocycles. The number of nitrogens with zero attached hydrogens (tertiary/aromatic N) is 5. The van der Waals surface area contributed by atoms with E-state index in [1.165, 1.54) is 12.5 Å². The minimum Gasteiger partial charge on any atom is -0.368 e. The number of carbonyl (C=O) groups excluding carboxylic acids is 1. The van der Waals surface area contributed by atoms with Gasteiger partial charge in [-0.2, -0.15) is 5.10 Å². The molecule has 0 unspecified atom stereocenters. The highest BCUT2D eigenvalue weighted by Crippen LogP contribution is 2.40. The van der Waals surface area contributed by atoms with Gasteiger partial charge in [0.1, 0.15) is 12.2 Å². The molecule has 3 aromatic rings. The standard InChI is InChI=1S/C19H21N7O/c1-2-26-17(22-11-23-26)16(13-8-9-13)24-18(27)14-10-21-19(20)25-15(14)12-6-4-3-5-7-12/h3-7,10-11,13,16H,2,8-9H2,1H3,(H,24,27)(H2,20,21,25)/t16-/m0/s1. The fourth-order valence-electron chi connectivity index (χ4n) is 3.18. The Kier molecular flexibility index (Phi) is 4.53. The van der Waals surface area contributed by atoms with Gasteiger partial charge in [0.2, 0.25) is 5.95 Å². The van der Waals surface area contributed by atoms with Crippen LogP contribution in [0.1, 0.15) is 42.0 Å². The molecule has 0 spiro atoms. The first-order chi connectivity index (χ1) is 13.2. The number of nitrogens with two attached hydrogens (primary N) is 1. The third-order valence-corrected chi connectivity index (χ3v) is 4.70. The maximum atomic E-state index is 13.1. The molecule has 1 saturated carbocycles. The third-order valence-electron chi connectivity index (χ3n) is 4.70. The van der Waals surface area contributed by atoms with Gasteiger partial charge in [-0.1, -0.05) is 30.3 Å². The lowest BCUT2D eigenvalue weighted by Gasteiger charge is -2.19. The molecular weight excluding hydrogens is 342 g/mol. The zero-order valence-corrected chi connectivity index (χ0v) is 15.0. The number of carbonyl (C=O) groups is 1. The van der Waals surface area contributed by atoms with Gasteiger partial charge in [-0.25, -0.2) is 19.6 Å². The number of aromatic nitrogens is 5. The zero-order chi connectivity index (χ0) is 18.8. The summed E-state index contributed by atoms with van der Waals surface area (Å²) in [4.78, 5) is 25.8. The molecule has 0 bridgehead atoms. The van der Waals surface area contributed by atoms with Crippen LogP contribution in [-0.4, -0.2) is 30.6 Å². The van der Waals surface area contributed by atoms with Crippen LogP contribution < -0.4 is 11.1 Å². The van der Waals surface area contributed by atoms with E-state index in [4.69, 9.17) is 5.73 Å². The predicted molar refractivity (Wildman–Crippen MR) is 101 cm³/mol. The van der Waals surface area contributed by atoms with Crippen molar-refractivity contribution < 1.29 is 4.79 Å². The van der Waals surface area contributed by atoms with Crippen LogP contribution in [0.25, 0.3) is 11.3 Å². The van der Waals surface area contributed by atoms with Gasteiger partial charge in [-0.15, -0.1) is 0 Å². The van der Waals surface area contributed by atoms with Crippen LogP contribution in [0.15, 0.2) is 42.9 Å². The number of hydrogen-bond acceptors (Lipinski definition) is 6. The Labute approximate surface area is 156 Å². The first-order valence-corrected chi connectivity index (χ1v) is 9.04. The van der Waals surface area contributed by atoms with E-state index < -0.39 is 0 Å². The summed E-state index contributed by atoms with van der Waals surface area (Å²) in [5, 5.41) is 7.35. The minimum absolute atomic E-state index is 0.134. The van der Waals surface area contributed by atoms with Gasteiger partial charge in [-0.3, -0.25) is 4.79 Å². The Morgan fingerprint density at radius 1 is 1.30 bits per heavy atom. The van der Waals surface area contributed by atoms with Crippen LogP contribution >= 0.6 is 0 Å². The van der Waals surface area contributed by atoms with Gasteiger partial charge in [0.15, 0.2) is 0 Å². The molecule has 0 aliphatic heterocycles. The Bertz CT molecular complexity index is 950. The molecule has 4 rings (SSSR count). The van der Waals surface area contributed by atoms with Gasteiger partial charge in [0, 0.05) is 18.3 Å². The van der Waals surface area contributed by atoms with Crippen molar-refractivity contribution >= 4 is 11.9 Å². The highest BCUT2D eigenvalue weighted by molar-refractivity contribution is 6.00. The molecule has 1 aliphatic carbocycles. The van der Waals surface area contributed by atoms with Crippen LogP contribution in [0.5, 0.6) is 0 Å². The number of aryl methyl sites for hydroxylation is 1. The van der Waals surface area contributed by atoms with Crippen molar-refractivity contribution in [1.29, 1.82) is 0 Å². The second kappa shape index (κ2) is 7.14. The summed E-state index contributed by atoms with van der Waals surface area (Å²) in [6.45, 7) is 2.71.